The zero-order valence-corrected chi connectivity index (χ0v) is 13.7. The van der Waals surface area contributed by atoms with E-state index in [1.807, 2.05) is 18.2 Å². The Morgan fingerprint density at radius 3 is 2.48 bits per heavy atom. The van der Waals surface area contributed by atoms with Gasteiger partial charge in [0.05, 0.1) is 5.75 Å². The summed E-state index contributed by atoms with van der Waals surface area (Å²) in [6.45, 7) is 0.478. The zero-order chi connectivity index (χ0) is 16.9. The molecule has 0 aliphatic heterocycles. The lowest BCUT2D eigenvalue weighted by molar-refractivity contribution is 0.0957. The molecule has 23 heavy (non-hydrogen) atoms. The van der Waals surface area contributed by atoms with Crippen molar-refractivity contribution in [2.45, 2.75) is 12.3 Å². The summed E-state index contributed by atoms with van der Waals surface area (Å²) in [5, 5.41) is 13.3. The van der Waals surface area contributed by atoms with E-state index in [0.717, 1.165) is 11.1 Å². The number of aromatic nitrogens is 2. The maximum absolute atomic E-state index is 11.4. The summed E-state index contributed by atoms with van der Waals surface area (Å²) in [5.74, 6) is 0.255. The molecule has 0 aliphatic rings. The first-order valence-corrected chi connectivity index (χ1v) is 8.98. The molecule has 7 nitrogen and oxygen atoms in total. The molecule has 1 aromatic carbocycles. The average molecular weight is 334 g/mol. The molecule has 8 heteroatoms. The van der Waals surface area contributed by atoms with E-state index in [4.69, 9.17) is 0 Å². The van der Waals surface area contributed by atoms with Crippen molar-refractivity contribution in [2.24, 2.45) is 0 Å². The number of carbonyl (C=O) groups is 1. The van der Waals surface area contributed by atoms with E-state index in [0.29, 0.717) is 12.4 Å². The van der Waals surface area contributed by atoms with Gasteiger partial charge in [-0.1, -0.05) is 24.3 Å². The molecule has 0 fully saturated rings. The second-order valence-electron chi connectivity index (χ2n) is 5.13. The fraction of sp³-hybridized carbons (Fsp3) is 0.267. The molecule has 0 saturated carbocycles. The molecule has 1 aromatic heterocycles. The number of sulfone groups is 1. The van der Waals surface area contributed by atoms with Gasteiger partial charge in [-0.25, -0.2) is 8.42 Å². The van der Waals surface area contributed by atoms with E-state index in [9.17, 15) is 13.2 Å². The van der Waals surface area contributed by atoms with Crippen LogP contribution in [0.1, 0.15) is 21.6 Å². The first kappa shape index (κ1) is 16.9. The van der Waals surface area contributed by atoms with E-state index >= 15 is 0 Å². The number of hydrogen-bond donors (Lipinski definition) is 2. The van der Waals surface area contributed by atoms with E-state index < -0.39 is 9.84 Å². The molecule has 1 heterocycles. The maximum atomic E-state index is 11.4. The second kappa shape index (κ2) is 7.19. The van der Waals surface area contributed by atoms with Gasteiger partial charge < -0.3 is 10.6 Å². The molecule has 2 aromatic rings. The van der Waals surface area contributed by atoms with Crippen LogP contribution in [-0.4, -0.2) is 37.8 Å². The summed E-state index contributed by atoms with van der Waals surface area (Å²) in [5.41, 5.74) is 1.92. The smallest absolute Gasteiger partial charge is 0.271 e. The Hall–Kier alpha value is -2.48. The molecule has 0 atom stereocenters. The van der Waals surface area contributed by atoms with Gasteiger partial charge in [0.2, 0.25) is 0 Å². The summed E-state index contributed by atoms with van der Waals surface area (Å²) in [4.78, 5) is 11.4. The molecule has 122 valence electrons. The van der Waals surface area contributed by atoms with E-state index in [1.165, 1.54) is 13.3 Å². The maximum Gasteiger partial charge on any atom is 0.271 e. The Morgan fingerprint density at radius 2 is 1.87 bits per heavy atom. The summed E-state index contributed by atoms with van der Waals surface area (Å²) in [6.07, 6.45) is 1.21. The van der Waals surface area contributed by atoms with Gasteiger partial charge in [-0.05, 0) is 23.3 Å². The van der Waals surface area contributed by atoms with Gasteiger partial charge in [-0.2, -0.15) is 0 Å². The average Bonchev–Trinajstić information content (AvgIpc) is 2.51. The van der Waals surface area contributed by atoms with Gasteiger partial charge in [0, 0.05) is 19.8 Å². The number of carbonyl (C=O) groups excluding carboxylic acids is 1. The lowest BCUT2D eigenvalue weighted by atomic mass is 10.1. The highest BCUT2D eigenvalue weighted by Crippen LogP contribution is 2.11. The van der Waals surface area contributed by atoms with Crippen LogP contribution in [-0.2, 0) is 22.1 Å². The number of nitrogens with one attached hydrogen (secondary N) is 2. The van der Waals surface area contributed by atoms with Crippen LogP contribution < -0.4 is 10.6 Å². The third kappa shape index (κ3) is 5.33. The topological polar surface area (TPSA) is 101 Å². The molecule has 2 rings (SSSR count). The van der Waals surface area contributed by atoms with Crippen molar-refractivity contribution < 1.29 is 13.2 Å². The Labute approximate surface area is 135 Å². The minimum absolute atomic E-state index is 0.0153. The van der Waals surface area contributed by atoms with Gasteiger partial charge in [0.1, 0.15) is 5.82 Å². The highest BCUT2D eigenvalue weighted by molar-refractivity contribution is 7.89. The summed E-state index contributed by atoms with van der Waals surface area (Å²) < 4.78 is 22.7. The first-order valence-electron chi connectivity index (χ1n) is 6.92. The highest BCUT2D eigenvalue weighted by Gasteiger charge is 2.07. The number of rotatable bonds is 6. The SMILES string of the molecule is CNC(=O)c1ccc(NCc2cccc(CS(C)(=O)=O)c2)nn1. The van der Waals surface area contributed by atoms with E-state index in [1.54, 1.807) is 18.2 Å². The Morgan fingerprint density at radius 1 is 1.13 bits per heavy atom. The molecule has 0 bridgehead atoms. The molecule has 1 amide bonds. The van der Waals surface area contributed by atoms with Gasteiger partial charge >= 0.3 is 0 Å². The number of nitrogens with zero attached hydrogens (tertiary/aromatic N) is 2. The van der Waals surface area contributed by atoms with Crippen molar-refractivity contribution >= 4 is 21.6 Å². The van der Waals surface area contributed by atoms with Gasteiger partial charge in [-0.15, -0.1) is 10.2 Å². The Kier molecular flexibility index (Phi) is 5.28. The molecule has 2 N–H and O–H groups in total. The predicted molar refractivity (Wildman–Crippen MR) is 87.7 cm³/mol. The van der Waals surface area contributed by atoms with Gasteiger partial charge in [0.25, 0.3) is 5.91 Å². The van der Waals surface area contributed by atoms with Crippen molar-refractivity contribution in [1.29, 1.82) is 0 Å². The fourth-order valence-corrected chi connectivity index (χ4v) is 2.79. The fourth-order valence-electron chi connectivity index (χ4n) is 2.00. The molecule has 0 unspecified atom stereocenters. The van der Waals surface area contributed by atoms with Gasteiger partial charge in [0.15, 0.2) is 15.5 Å². The van der Waals surface area contributed by atoms with Crippen LogP contribution in [0.4, 0.5) is 5.82 Å². The number of benzene rings is 1. The van der Waals surface area contributed by atoms with E-state index in [2.05, 4.69) is 20.8 Å². The standard InChI is InChI=1S/C15H18N4O3S/c1-16-15(20)13-6-7-14(19-18-13)17-9-11-4-3-5-12(8-11)10-23(2,21)22/h3-8H,9-10H2,1-2H3,(H,16,20)(H,17,19). The zero-order valence-electron chi connectivity index (χ0n) is 12.9. The van der Waals surface area contributed by atoms with Crippen molar-refractivity contribution in [3.8, 4) is 0 Å². The van der Waals surface area contributed by atoms with Crippen LogP contribution in [0.2, 0.25) is 0 Å². The van der Waals surface area contributed by atoms with Gasteiger partial charge in [-0.3, -0.25) is 4.79 Å². The number of anilines is 1. The third-order valence-corrected chi connectivity index (χ3v) is 3.88. The molecular formula is C15H18N4O3S. The lowest BCUT2D eigenvalue weighted by Crippen LogP contribution is -2.19. The normalized spacial score (nSPS) is 11.0. The van der Waals surface area contributed by atoms with Crippen LogP contribution in [0, 0.1) is 0 Å². The summed E-state index contributed by atoms with van der Waals surface area (Å²) in [6, 6.07) is 10.6. The molecular weight excluding hydrogens is 316 g/mol. The molecule has 0 spiro atoms. The van der Waals surface area contributed by atoms with Crippen LogP contribution in [0.25, 0.3) is 0 Å². The number of amides is 1. The van der Waals surface area contributed by atoms with E-state index in [-0.39, 0.29) is 17.4 Å². The van der Waals surface area contributed by atoms with Crippen molar-refractivity contribution in [2.75, 3.05) is 18.6 Å². The Bertz CT molecular complexity index is 789. The molecule has 0 radical (unpaired) electrons. The highest BCUT2D eigenvalue weighted by atomic mass is 32.2. The largest absolute Gasteiger partial charge is 0.365 e. The minimum Gasteiger partial charge on any atom is -0.365 e. The Balaban J connectivity index is 2.00. The van der Waals surface area contributed by atoms with Crippen molar-refractivity contribution in [3.63, 3.8) is 0 Å². The quantitative estimate of drug-likeness (QED) is 0.817. The van der Waals surface area contributed by atoms with Crippen LogP contribution in [0.3, 0.4) is 0 Å². The van der Waals surface area contributed by atoms with Crippen molar-refractivity contribution in [1.82, 2.24) is 15.5 Å². The second-order valence-corrected chi connectivity index (χ2v) is 7.27. The van der Waals surface area contributed by atoms with Crippen molar-refractivity contribution in [3.05, 3.63) is 53.2 Å². The van der Waals surface area contributed by atoms with Crippen LogP contribution in [0.15, 0.2) is 36.4 Å². The molecule has 0 saturated heterocycles. The first-order chi connectivity index (χ1) is 10.9. The summed E-state index contributed by atoms with van der Waals surface area (Å²) >= 11 is 0. The minimum atomic E-state index is -3.06. The monoisotopic (exact) mass is 334 g/mol. The third-order valence-electron chi connectivity index (χ3n) is 3.02. The van der Waals surface area contributed by atoms with Crippen LogP contribution >= 0.6 is 0 Å². The predicted octanol–water partition coefficient (Wildman–Crippen LogP) is 0.993. The number of hydrogen-bond acceptors (Lipinski definition) is 6. The lowest BCUT2D eigenvalue weighted by Gasteiger charge is -2.07. The summed E-state index contributed by atoms with van der Waals surface area (Å²) in [7, 11) is -1.53. The van der Waals surface area contributed by atoms with Crippen LogP contribution in [0.5, 0.6) is 0 Å². The molecule has 0 aliphatic carbocycles.